The van der Waals surface area contributed by atoms with Gasteiger partial charge in [-0.1, -0.05) is 5.16 Å². The largest absolute Gasteiger partial charge is 0.365 e. The van der Waals surface area contributed by atoms with E-state index in [-0.39, 0.29) is 29.5 Å². The number of nitrogens with one attached hydrogen (secondary N) is 1. The highest BCUT2D eigenvalue weighted by Crippen LogP contribution is 2.20. The van der Waals surface area contributed by atoms with Crippen LogP contribution in [-0.2, 0) is 6.54 Å². The first-order chi connectivity index (χ1) is 12.0. The molecule has 0 bridgehead atoms. The van der Waals surface area contributed by atoms with Crippen molar-refractivity contribution in [3.8, 4) is 11.4 Å². The molecule has 0 aliphatic heterocycles. The quantitative estimate of drug-likeness (QED) is 0.494. The topological polar surface area (TPSA) is 163 Å². The summed E-state index contributed by atoms with van der Waals surface area (Å²) in [5.41, 5.74) is 5.52. The third-order valence-electron chi connectivity index (χ3n) is 3.16. The van der Waals surface area contributed by atoms with E-state index in [9.17, 15) is 14.9 Å². The van der Waals surface area contributed by atoms with Crippen LogP contribution in [0.5, 0.6) is 0 Å². The van der Waals surface area contributed by atoms with Crippen molar-refractivity contribution in [1.82, 2.24) is 20.1 Å². The maximum absolute atomic E-state index is 11.5. The van der Waals surface area contributed by atoms with Crippen LogP contribution in [0.25, 0.3) is 11.4 Å². The van der Waals surface area contributed by atoms with Gasteiger partial charge in [-0.15, -0.1) is 0 Å². The van der Waals surface area contributed by atoms with E-state index < -0.39 is 10.8 Å². The molecule has 3 heterocycles. The molecule has 1 amide bonds. The summed E-state index contributed by atoms with van der Waals surface area (Å²) in [5, 5.41) is 17.4. The monoisotopic (exact) mass is 341 g/mol. The summed E-state index contributed by atoms with van der Waals surface area (Å²) in [6, 6.07) is 4.50. The third-order valence-corrected chi connectivity index (χ3v) is 3.16. The first kappa shape index (κ1) is 16.0. The van der Waals surface area contributed by atoms with Gasteiger partial charge >= 0.3 is 0 Å². The number of aromatic nitrogens is 4. The van der Waals surface area contributed by atoms with Crippen molar-refractivity contribution in [2.45, 2.75) is 6.54 Å². The lowest BCUT2D eigenvalue weighted by atomic mass is 10.2. The second-order valence-electron chi connectivity index (χ2n) is 4.81. The summed E-state index contributed by atoms with van der Waals surface area (Å²) < 4.78 is 5.11. The molecule has 0 unspecified atom stereocenters. The summed E-state index contributed by atoms with van der Waals surface area (Å²) in [4.78, 5) is 33.5. The first-order valence-electron chi connectivity index (χ1n) is 6.95. The fraction of sp³-hybridized carbons (Fsp3) is 0.0714. The minimum absolute atomic E-state index is 0.0587. The van der Waals surface area contributed by atoms with Crippen molar-refractivity contribution in [3.05, 3.63) is 58.4 Å². The van der Waals surface area contributed by atoms with E-state index in [4.69, 9.17) is 10.3 Å². The number of rotatable bonds is 6. The molecule has 0 fully saturated rings. The van der Waals surface area contributed by atoms with Gasteiger partial charge in [0, 0.05) is 24.0 Å². The molecule has 11 nitrogen and oxygen atoms in total. The molecule has 3 aromatic heterocycles. The molecular weight excluding hydrogens is 330 g/mol. The number of anilines is 1. The number of nitrogens with two attached hydrogens (primary N) is 1. The Morgan fingerprint density at radius 2 is 2.12 bits per heavy atom. The lowest BCUT2D eigenvalue weighted by Gasteiger charge is -2.06. The summed E-state index contributed by atoms with van der Waals surface area (Å²) >= 11 is 0. The fourth-order valence-corrected chi connectivity index (χ4v) is 1.99. The molecule has 11 heteroatoms. The van der Waals surface area contributed by atoms with Gasteiger partial charge in [0.15, 0.2) is 0 Å². The molecule has 3 rings (SSSR count). The summed E-state index contributed by atoms with van der Waals surface area (Å²) in [6.45, 7) is 0.0587. The van der Waals surface area contributed by atoms with Gasteiger partial charge in [0.1, 0.15) is 12.0 Å². The predicted molar refractivity (Wildman–Crippen MR) is 84.3 cm³/mol. The number of hydrogen-bond donors (Lipinski definition) is 2. The van der Waals surface area contributed by atoms with E-state index in [1.165, 1.54) is 0 Å². The molecule has 0 saturated heterocycles. The minimum Gasteiger partial charge on any atom is -0.365 e. The lowest BCUT2D eigenvalue weighted by molar-refractivity contribution is -0.385. The van der Waals surface area contributed by atoms with Gasteiger partial charge in [0.25, 0.3) is 11.6 Å². The van der Waals surface area contributed by atoms with Gasteiger partial charge in [-0.25, -0.2) is 4.98 Å². The summed E-state index contributed by atoms with van der Waals surface area (Å²) in [5.74, 6) is -0.142. The number of nitrogens with zero attached hydrogens (tertiary/aromatic N) is 5. The van der Waals surface area contributed by atoms with Crippen LogP contribution < -0.4 is 11.1 Å². The Bertz CT molecular complexity index is 926. The zero-order valence-corrected chi connectivity index (χ0v) is 12.6. The number of amides is 1. The molecule has 0 aliphatic carbocycles. The highest BCUT2D eigenvalue weighted by molar-refractivity contribution is 5.98. The van der Waals surface area contributed by atoms with Crippen molar-refractivity contribution >= 4 is 17.4 Å². The zero-order valence-electron chi connectivity index (χ0n) is 12.6. The molecule has 3 N–H and O–H groups in total. The standard InChI is InChI=1S/C14H11N7O4/c15-12(22)10-5-9(21(23)24)6-17-14(10)18-7-11-19-13(20-25-11)8-1-3-16-4-2-8/h1-6H,7H2,(H2,15,22)(H,17,18). The summed E-state index contributed by atoms with van der Waals surface area (Å²) in [6.07, 6.45) is 4.22. The van der Waals surface area contributed by atoms with Gasteiger partial charge < -0.3 is 15.6 Å². The van der Waals surface area contributed by atoms with Crippen molar-refractivity contribution in [1.29, 1.82) is 0 Å². The van der Waals surface area contributed by atoms with Crippen molar-refractivity contribution in [2.75, 3.05) is 5.32 Å². The highest BCUT2D eigenvalue weighted by atomic mass is 16.6. The van der Waals surface area contributed by atoms with Crippen molar-refractivity contribution < 1.29 is 14.2 Å². The van der Waals surface area contributed by atoms with Crippen LogP contribution in [0, 0.1) is 10.1 Å². The Hall–Kier alpha value is -3.89. The normalized spacial score (nSPS) is 10.4. The van der Waals surface area contributed by atoms with E-state index in [0.29, 0.717) is 5.82 Å². The molecule has 0 spiro atoms. The van der Waals surface area contributed by atoms with Crippen LogP contribution >= 0.6 is 0 Å². The van der Waals surface area contributed by atoms with Gasteiger partial charge in [-0.3, -0.25) is 19.9 Å². The molecule has 25 heavy (non-hydrogen) atoms. The zero-order chi connectivity index (χ0) is 17.8. The Labute approximate surface area is 140 Å². The Kier molecular flexibility index (Phi) is 4.28. The second kappa shape index (κ2) is 6.70. The maximum Gasteiger partial charge on any atom is 0.288 e. The van der Waals surface area contributed by atoms with E-state index in [1.807, 2.05) is 0 Å². The van der Waals surface area contributed by atoms with E-state index in [1.54, 1.807) is 24.5 Å². The van der Waals surface area contributed by atoms with Gasteiger partial charge in [0.2, 0.25) is 11.7 Å². The minimum atomic E-state index is -0.846. The molecule has 0 aliphatic rings. The van der Waals surface area contributed by atoms with Gasteiger partial charge in [-0.05, 0) is 12.1 Å². The van der Waals surface area contributed by atoms with Crippen LogP contribution in [0.1, 0.15) is 16.2 Å². The van der Waals surface area contributed by atoms with E-state index >= 15 is 0 Å². The van der Waals surface area contributed by atoms with Crippen LogP contribution in [0.3, 0.4) is 0 Å². The van der Waals surface area contributed by atoms with Gasteiger partial charge in [-0.2, -0.15) is 4.98 Å². The Morgan fingerprint density at radius 3 is 2.80 bits per heavy atom. The lowest BCUT2D eigenvalue weighted by Crippen LogP contribution is -2.16. The molecule has 0 saturated carbocycles. The van der Waals surface area contributed by atoms with Crippen LogP contribution in [0.15, 0.2) is 41.3 Å². The van der Waals surface area contributed by atoms with Crippen molar-refractivity contribution in [3.63, 3.8) is 0 Å². The molecule has 126 valence electrons. The molecule has 3 aromatic rings. The van der Waals surface area contributed by atoms with E-state index in [0.717, 1.165) is 17.8 Å². The SMILES string of the molecule is NC(=O)c1cc([N+](=O)[O-])cnc1NCc1nc(-c2ccncc2)no1. The molecule has 0 radical (unpaired) electrons. The first-order valence-corrected chi connectivity index (χ1v) is 6.95. The molecular formula is C14H11N7O4. The number of primary amides is 1. The fourth-order valence-electron chi connectivity index (χ4n) is 1.99. The summed E-state index contributed by atoms with van der Waals surface area (Å²) in [7, 11) is 0. The van der Waals surface area contributed by atoms with E-state index in [2.05, 4.69) is 25.4 Å². The Morgan fingerprint density at radius 1 is 1.36 bits per heavy atom. The maximum atomic E-state index is 11.5. The number of carbonyl (C=O) groups is 1. The van der Waals surface area contributed by atoms with Gasteiger partial charge in [0.05, 0.1) is 17.0 Å². The Balaban J connectivity index is 1.77. The third kappa shape index (κ3) is 3.55. The van der Waals surface area contributed by atoms with Crippen LogP contribution in [0.2, 0.25) is 0 Å². The smallest absolute Gasteiger partial charge is 0.288 e. The average molecular weight is 341 g/mol. The number of carbonyl (C=O) groups excluding carboxylic acids is 1. The highest BCUT2D eigenvalue weighted by Gasteiger charge is 2.17. The number of hydrogen-bond acceptors (Lipinski definition) is 9. The average Bonchev–Trinajstić information content (AvgIpc) is 3.09. The van der Waals surface area contributed by atoms with Crippen molar-refractivity contribution in [2.24, 2.45) is 5.73 Å². The second-order valence-corrected chi connectivity index (χ2v) is 4.81. The molecule has 0 aromatic carbocycles. The number of pyridine rings is 2. The predicted octanol–water partition coefficient (Wildman–Crippen LogP) is 1.15. The number of nitro groups is 1. The molecule has 0 atom stereocenters. The van der Waals surface area contributed by atoms with Crippen LogP contribution in [-0.4, -0.2) is 30.9 Å². The van der Waals surface area contributed by atoms with Crippen LogP contribution in [0.4, 0.5) is 11.5 Å².